The third kappa shape index (κ3) is 2.92. The molecule has 3 aliphatic heterocycles. The fourth-order valence-electron chi connectivity index (χ4n) is 4.20. The molecule has 0 N–H and O–H groups in total. The van der Waals surface area contributed by atoms with E-state index >= 15 is 0 Å². The van der Waals surface area contributed by atoms with Gasteiger partial charge in [-0.25, -0.2) is 0 Å². The smallest absolute Gasteiger partial charge is 0.146 e. The summed E-state index contributed by atoms with van der Waals surface area (Å²) in [5.74, 6) is 0.345. The number of hydrogen-bond donors (Lipinski definition) is 0. The number of nitrogens with zero attached hydrogens (tertiary/aromatic N) is 1. The summed E-state index contributed by atoms with van der Waals surface area (Å²) < 4.78 is 11.6. The minimum atomic E-state index is 0.0277. The maximum Gasteiger partial charge on any atom is 0.146 e. The van der Waals surface area contributed by atoms with Gasteiger partial charge in [0.15, 0.2) is 0 Å². The second kappa shape index (κ2) is 6.12. The summed E-state index contributed by atoms with van der Waals surface area (Å²) in [5, 5.41) is 0. The van der Waals surface area contributed by atoms with E-state index in [2.05, 4.69) is 4.90 Å². The zero-order valence-electron chi connectivity index (χ0n) is 12.6. The van der Waals surface area contributed by atoms with Crippen LogP contribution < -0.4 is 0 Å². The molecule has 0 radical (unpaired) electrons. The molecule has 3 aliphatic rings. The van der Waals surface area contributed by atoms with Crippen molar-refractivity contribution >= 4 is 5.78 Å². The van der Waals surface area contributed by atoms with Gasteiger partial charge in [0, 0.05) is 25.9 Å². The Balaban J connectivity index is 1.70. The van der Waals surface area contributed by atoms with Gasteiger partial charge in [-0.3, -0.25) is 9.69 Å². The van der Waals surface area contributed by atoms with Crippen LogP contribution >= 0.6 is 0 Å². The van der Waals surface area contributed by atoms with Crippen LogP contribution in [0.15, 0.2) is 0 Å². The number of Topliss-reactive ketones (excluding diaryl/α,β-unsaturated/α-hetero) is 1. The van der Waals surface area contributed by atoms with Gasteiger partial charge in [0.05, 0.1) is 11.6 Å². The Hall–Kier alpha value is -0.450. The molecular weight excluding hydrogens is 254 g/mol. The lowest BCUT2D eigenvalue weighted by atomic mass is 9.82. The van der Waals surface area contributed by atoms with E-state index in [1.807, 2.05) is 0 Å². The number of likely N-dealkylation sites (tertiary alicyclic amines) is 1. The number of rotatable bonds is 2. The minimum absolute atomic E-state index is 0.0277. The van der Waals surface area contributed by atoms with Crippen molar-refractivity contribution in [1.29, 1.82) is 0 Å². The fraction of sp³-hybridized carbons (Fsp3) is 0.938. The summed E-state index contributed by atoms with van der Waals surface area (Å²) in [7, 11) is 0. The van der Waals surface area contributed by atoms with Crippen LogP contribution in [-0.4, -0.2) is 54.7 Å². The van der Waals surface area contributed by atoms with Crippen molar-refractivity contribution in [3.63, 3.8) is 0 Å². The molecule has 0 bridgehead atoms. The van der Waals surface area contributed by atoms with E-state index in [1.165, 1.54) is 12.8 Å². The van der Waals surface area contributed by atoms with Gasteiger partial charge in [-0.05, 0) is 52.0 Å². The molecule has 3 fully saturated rings. The first-order chi connectivity index (χ1) is 9.70. The Morgan fingerprint density at radius 2 is 1.95 bits per heavy atom. The van der Waals surface area contributed by atoms with Gasteiger partial charge >= 0.3 is 0 Å². The molecule has 4 nitrogen and oxygen atoms in total. The number of carbonyl (C=O) groups excluding carboxylic acids is 1. The highest BCUT2D eigenvalue weighted by Crippen LogP contribution is 2.37. The molecule has 2 unspecified atom stereocenters. The van der Waals surface area contributed by atoms with E-state index in [9.17, 15) is 4.79 Å². The fourth-order valence-corrected chi connectivity index (χ4v) is 4.20. The number of ether oxygens (including phenoxy) is 2. The summed E-state index contributed by atoms with van der Waals surface area (Å²) in [6.45, 7) is 5.32. The summed E-state index contributed by atoms with van der Waals surface area (Å²) in [5.41, 5.74) is 0.0277. The van der Waals surface area contributed by atoms with E-state index in [0.717, 1.165) is 58.5 Å². The molecule has 3 rings (SSSR count). The van der Waals surface area contributed by atoms with Crippen molar-refractivity contribution in [2.24, 2.45) is 0 Å². The molecule has 0 saturated carbocycles. The van der Waals surface area contributed by atoms with Crippen LogP contribution in [0.25, 0.3) is 0 Å². The van der Waals surface area contributed by atoms with Crippen LogP contribution in [0.4, 0.5) is 0 Å². The standard InChI is InChI=1S/C16H27NO3/c1-13(18)15-4-2-3-8-17(15)14-5-9-20-16(12-14)6-10-19-11-7-16/h14-15H,2-12H2,1H3. The van der Waals surface area contributed by atoms with Crippen molar-refractivity contribution in [2.45, 2.75) is 69.6 Å². The Labute approximate surface area is 121 Å². The van der Waals surface area contributed by atoms with Crippen molar-refractivity contribution in [3.05, 3.63) is 0 Å². The molecule has 0 aromatic heterocycles. The monoisotopic (exact) mass is 281 g/mol. The Morgan fingerprint density at radius 1 is 1.15 bits per heavy atom. The first-order valence-electron chi connectivity index (χ1n) is 8.18. The third-order valence-electron chi connectivity index (χ3n) is 5.35. The molecule has 3 heterocycles. The highest BCUT2D eigenvalue weighted by molar-refractivity contribution is 5.81. The second-order valence-electron chi connectivity index (χ2n) is 6.65. The molecule has 0 aliphatic carbocycles. The van der Waals surface area contributed by atoms with Gasteiger partial charge < -0.3 is 9.47 Å². The molecule has 114 valence electrons. The molecule has 4 heteroatoms. The van der Waals surface area contributed by atoms with Crippen LogP contribution in [0.1, 0.15) is 51.9 Å². The summed E-state index contributed by atoms with van der Waals surface area (Å²) in [6, 6.07) is 0.680. The highest BCUT2D eigenvalue weighted by Gasteiger charge is 2.42. The average Bonchev–Trinajstić information content (AvgIpc) is 2.48. The number of ketones is 1. The minimum Gasteiger partial charge on any atom is -0.381 e. The van der Waals surface area contributed by atoms with Gasteiger partial charge in [-0.2, -0.15) is 0 Å². The normalized spacial score (nSPS) is 35.0. The first kappa shape index (κ1) is 14.5. The van der Waals surface area contributed by atoms with E-state index in [1.54, 1.807) is 6.92 Å². The van der Waals surface area contributed by atoms with Crippen LogP contribution in [-0.2, 0) is 14.3 Å². The zero-order chi connectivity index (χ0) is 14.0. The third-order valence-corrected chi connectivity index (χ3v) is 5.35. The van der Waals surface area contributed by atoms with Crippen LogP contribution in [0.2, 0.25) is 0 Å². The summed E-state index contributed by atoms with van der Waals surface area (Å²) in [6.07, 6.45) is 7.67. The van der Waals surface area contributed by atoms with Gasteiger partial charge in [0.1, 0.15) is 5.78 Å². The van der Waals surface area contributed by atoms with E-state index in [-0.39, 0.29) is 11.6 Å². The van der Waals surface area contributed by atoms with Crippen molar-refractivity contribution < 1.29 is 14.3 Å². The van der Waals surface area contributed by atoms with Crippen molar-refractivity contribution in [3.8, 4) is 0 Å². The van der Waals surface area contributed by atoms with E-state index in [4.69, 9.17) is 9.47 Å². The molecule has 0 amide bonds. The largest absolute Gasteiger partial charge is 0.381 e. The van der Waals surface area contributed by atoms with Gasteiger partial charge in [-0.15, -0.1) is 0 Å². The van der Waals surface area contributed by atoms with E-state index < -0.39 is 0 Å². The van der Waals surface area contributed by atoms with Gasteiger partial charge in [-0.1, -0.05) is 6.42 Å². The summed E-state index contributed by atoms with van der Waals surface area (Å²) >= 11 is 0. The highest BCUT2D eigenvalue weighted by atomic mass is 16.5. The number of piperidine rings is 1. The van der Waals surface area contributed by atoms with Crippen LogP contribution in [0.5, 0.6) is 0 Å². The predicted octanol–water partition coefficient (Wildman–Crippen LogP) is 2.16. The lowest BCUT2D eigenvalue weighted by Gasteiger charge is -2.49. The molecule has 3 saturated heterocycles. The molecule has 0 aromatic rings. The van der Waals surface area contributed by atoms with Crippen LogP contribution in [0.3, 0.4) is 0 Å². The number of hydrogen-bond acceptors (Lipinski definition) is 4. The average molecular weight is 281 g/mol. The SMILES string of the molecule is CC(=O)C1CCCCN1C1CCOC2(CCOCC2)C1. The van der Waals surface area contributed by atoms with Crippen molar-refractivity contribution in [1.82, 2.24) is 4.90 Å². The number of carbonyl (C=O) groups is 1. The molecule has 20 heavy (non-hydrogen) atoms. The van der Waals surface area contributed by atoms with E-state index in [0.29, 0.717) is 11.8 Å². The maximum atomic E-state index is 11.9. The topological polar surface area (TPSA) is 38.8 Å². The van der Waals surface area contributed by atoms with Gasteiger partial charge in [0.25, 0.3) is 0 Å². The van der Waals surface area contributed by atoms with Gasteiger partial charge in [0.2, 0.25) is 0 Å². The predicted molar refractivity (Wildman–Crippen MR) is 76.8 cm³/mol. The Kier molecular flexibility index (Phi) is 4.43. The maximum absolute atomic E-state index is 11.9. The first-order valence-corrected chi connectivity index (χ1v) is 8.18. The lowest BCUT2D eigenvalue weighted by molar-refractivity contribution is -0.158. The molecule has 1 spiro atoms. The lowest BCUT2D eigenvalue weighted by Crippen LogP contribution is -2.56. The molecule has 0 aromatic carbocycles. The molecular formula is C16H27NO3. The summed E-state index contributed by atoms with van der Waals surface area (Å²) in [4.78, 5) is 14.4. The van der Waals surface area contributed by atoms with Crippen LogP contribution in [0, 0.1) is 0 Å². The zero-order valence-corrected chi connectivity index (χ0v) is 12.6. The Bertz CT molecular complexity index is 346. The Morgan fingerprint density at radius 3 is 2.70 bits per heavy atom. The molecule has 2 atom stereocenters. The van der Waals surface area contributed by atoms with Crippen molar-refractivity contribution in [2.75, 3.05) is 26.4 Å². The quantitative estimate of drug-likeness (QED) is 0.777. The second-order valence-corrected chi connectivity index (χ2v) is 6.65.